The lowest BCUT2D eigenvalue weighted by atomic mass is 9.88. The smallest absolute Gasteiger partial charge is 0.227 e. The minimum Gasteiger partial charge on any atom is -0.618 e. The summed E-state index contributed by atoms with van der Waals surface area (Å²) in [6.07, 6.45) is 10.4. The second-order valence-electron chi connectivity index (χ2n) is 8.58. The van der Waals surface area contributed by atoms with Gasteiger partial charge in [0.2, 0.25) is 11.6 Å². The highest BCUT2D eigenvalue weighted by Gasteiger charge is 2.30. The fourth-order valence-electron chi connectivity index (χ4n) is 4.73. The van der Waals surface area contributed by atoms with Crippen molar-refractivity contribution in [1.82, 2.24) is 4.90 Å². The highest BCUT2D eigenvalue weighted by Crippen LogP contribution is 2.38. The number of rotatable bonds is 4. The van der Waals surface area contributed by atoms with Crippen LogP contribution in [0.4, 0.5) is 0 Å². The van der Waals surface area contributed by atoms with Crippen LogP contribution in [0.2, 0.25) is 5.02 Å². The van der Waals surface area contributed by atoms with Gasteiger partial charge in [-0.05, 0) is 74.7 Å². The van der Waals surface area contributed by atoms with Crippen molar-refractivity contribution in [2.75, 3.05) is 13.1 Å². The summed E-state index contributed by atoms with van der Waals surface area (Å²) in [4.78, 5) is 18.4. The van der Waals surface area contributed by atoms with Crippen molar-refractivity contribution in [3.8, 4) is 0 Å². The fraction of sp³-hybridized carbons (Fsp3) is 0.296. The molecule has 2 aromatic rings. The van der Waals surface area contributed by atoms with E-state index in [1.54, 1.807) is 18.5 Å². The molecule has 33 heavy (non-hydrogen) atoms. The number of halogens is 1. The van der Waals surface area contributed by atoms with Crippen molar-refractivity contribution in [1.29, 1.82) is 0 Å². The third-order valence-corrected chi connectivity index (χ3v) is 6.59. The Morgan fingerprint density at radius 1 is 1.21 bits per heavy atom. The standard InChI is InChI=1S/C27H28ClN3O2/c1-19(5-3-13-29-2)17-25(32)30-15-11-20(12-16-30)26-24-10-9-23(28)18-22(24)8-7-21-6-4-14-31(33)27(21)26/h3-6,9-10,13-14,18H,2,7-8,11-12,15-17H2,1H3/b13-3-,19-5+. The van der Waals surface area contributed by atoms with E-state index < -0.39 is 0 Å². The van der Waals surface area contributed by atoms with Crippen LogP contribution < -0.4 is 4.73 Å². The Balaban J connectivity index is 1.63. The quantitative estimate of drug-likeness (QED) is 0.277. The second-order valence-corrected chi connectivity index (χ2v) is 9.02. The molecule has 1 fully saturated rings. The minimum atomic E-state index is 0.125. The molecule has 1 aliphatic heterocycles. The first-order valence-corrected chi connectivity index (χ1v) is 11.6. The molecule has 0 radical (unpaired) electrons. The maximum Gasteiger partial charge on any atom is 0.227 e. The first-order valence-electron chi connectivity index (χ1n) is 11.3. The summed E-state index contributed by atoms with van der Waals surface area (Å²) in [5.41, 5.74) is 7.30. The van der Waals surface area contributed by atoms with E-state index in [-0.39, 0.29) is 5.91 Å². The summed E-state index contributed by atoms with van der Waals surface area (Å²) < 4.78 is 0.999. The summed E-state index contributed by atoms with van der Waals surface area (Å²) >= 11 is 6.30. The zero-order chi connectivity index (χ0) is 23.4. The number of allylic oxidation sites excluding steroid dienone is 2. The Kier molecular flexibility index (Phi) is 7.09. The van der Waals surface area contributed by atoms with Crippen molar-refractivity contribution < 1.29 is 9.52 Å². The van der Waals surface area contributed by atoms with Crippen LogP contribution in [-0.2, 0) is 17.6 Å². The van der Waals surface area contributed by atoms with Gasteiger partial charge in [-0.3, -0.25) is 9.79 Å². The van der Waals surface area contributed by atoms with Gasteiger partial charge in [0.1, 0.15) is 0 Å². The molecular weight excluding hydrogens is 434 g/mol. The Bertz CT molecular complexity index is 1170. The number of pyridine rings is 1. The summed E-state index contributed by atoms with van der Waals surface area (Å²) in [7, 11) is 0. The van der Waals surface area contributed by atoms with Crippen LogP contribution in [0, 0.1) is 5.21 Å². The van der Waals surface area contributed by atoms with E-state index >= 15 is 0 Å². The minimum absolute atomic E-state index is 0.125. The predicted octanol–water partition coefficient (Wildman–Crippen LogP) is 5.05. The van der Waals surface area contributed by atoms with E-state index in [0.717, 1.165) is 58.4 Å². The van der Waals surface area contributed by atoms with Gasteiger partial charge in [-0.15, -0.1) is 0 Å². The number of likely N-dealkylation sites (tertiary alicyclic amines) is 1. The molecule has 5 nitrogen and oxygen atoms in total. The summed E-state index contributed by atoms with van der Waals surface area (Å²) in [5.74, 6) is 0.125. The van der Waals surface area contributed by atoms with Crippen LogP contribution in [-0.4, -0.2) is 30.6 Å². The van der Waals surface area contributed by atoms with Gasteiger partial charge in [-0.25, -0.2) is 0 Å². The van der Waals surface area contributed by atoms with Crippen LogP contribution in [0.1, 0.15) is 48.6 Å². The lowest BCUT2D eigenvalue weighted by molar-refractivity contribution is -0.608. The first-order chi connectivity index (χ1) is 16.0. The largest absolute Gasteiger partial charge is 0.618 e. The van der Waals surface area contributed by atoms with Gasteiger partial charge in [-0.1, -0.05) is 34.9 Å². The maximum absolute atomic E-state index is 12.9. The van der Waals surface area contributed by atoms with Crippen LogP contribution in [0.5, 0.6) is 0 Å². The number of piperidine rings is 1. The van der Waals surface area contributed by atoms with E-state index in [9.17, 15) is 10.0 Å². The Morgan fingerprint density at radius 2 is 1.97 bits per heavy atom. The van der Waals surface area contributed by atoms with Gasteiger partial charge in [0.05, 0.1) is 5.57 Å². The molecule has 1 aromatic carbocycles. The SMILES string of the molecule is C=N/C=C\C=C(/C)CC(=O)N1CCC(=C2c3ccc(Cl)cc3CCc3ccc[n+]([O-])c32)CC1. The van der Waals surface area contributed by atoms with Gasteiger partial charge in [-0.2, -0.15) is 4.73 Å². The molecule has 4 rings (SSSR count). The molecule has 2 heterocycles. The molecule has 0 saturated carbocycles. The van der Waals surface area contributed by atoms with Crippen LogP contribution in [0.3, 0.4) is 0 Å². The molecule has 170 valence electrons. The normalized spacial score (nSPS) is 16.4. The lowest BCUT2D eigenvalue weighted by Gasteiger charge is -2.30. The molecular formula is C27H28ClN3O2. The van der Waals surface area contributed by atoms with E-state index in [4.69, 9.17) is 11.6 Å². The van der Waals surface area contributed by atoms with Crippen molar-refractivity contribution in [3.63, 3.8) is 0 Å². The third-order valence-electron chi connectivity index (χ3n) is 6.36. The predicted molar refractivity (Wildman–Crippen MR) is 133 cm³/mol. The molecule has 1 aliphatic carbocycles. The second kappa shape index (κ2) is 10.2. The summed E-state index contributed by atoms with van der Waals surface area (Å²) in [6.45, 7) is 6.66. The Labute approximate surface area is 200 Å². The Morgan fingerprint density at radius 3 is 2.73 bits per heavy atom. The van der Waals surface area contributed by atoms with Gasteiger partial charge in [0, 0.05) is 42.4 Å². The summed E-state index contributed by atoms with van der Waals surface area (Å²) in [5, 5.41) is 13.6. The molecule has 1 amide bonds. The molecule has 0 unspecified atom stereocenters. The lowest BCUT2D eigenvalue weighted by Crippen LogP contribution is -2.37. The molecule has 1 aromatic heterocycles. The first kappa shape index (κ1) is 23.0. The van der Waals surface area contributed by atoms with Crippen LogP contribution in [0.25, 0.3) is 5.57 Å². The molecule has 0 bridgehead atoms. The Hall–Kier alpha value is -3.18. The van der Waals surface area contributed by atoms with E-state index in [1.807, 2.05) is 48.2 Å². The molecule has 6 heteroatoms. The zero-order valence-corrected chi connectivity index (χ0v) is 19.6. The highest BCUT2D eigenvalue weighted by molar-refractivity contribution is 6.30. The molecule has 0 spiro atoms. The molecule has 0 atom stereocenters. The van der Waals surface area contributed by atoms with Crippen molar-refractivity contribution >= 4 is 29.8 Å². The van der Waals surface area contributed by atoms with E-state index in [1.165, 1.54) is 11.1 Å². The van der Waals surface area contributed by atoms with Crippen LogP contribution in [0.15, 0.2) is 71.0 Å². The van der Waals surface area contributed by atoms with Gasteiger partial charge < -0.3 is 10.1 Å². The van der Waals surface area contributed by atoms with Crippen molar-refractivity contribution in [3.05, 3.63) is 98.6 Å². The van der Waals surface area contributed by atoms with Crippen molar-refractivity contribution in [2.24, 2.45) is 4.99 Å². The van der Waals surface area contributed by atoms with E-state index in [2.05, 4.69) is 11.7 Å². The number of fused-ring (bicyclic) bond motifs is 2. The molecule has 1 saturated heterocycles. The maximum atomic E-state index is 12.9. The fourth-order valence-corrected chi connectivity index (χ4v) is 4.92. The van der Waals surface area contributed by atoms with Crippen molar-refractivity contribution in [2.45, 2.75) is 39.0 Å². The number of nitrogens with zero attached hydrogens (tertiary/aromatic N) is 3. The van der Waals surface area contributed by atoms with E-state index in [0.29, 0.717) is 24.5 Å². The number of aromatic nitrogens is 1. The average Bonchev–Trinajstić information content (AvgIpc) is 2.97. The third kappa shape index (κ3) is 5.09. The molecule has 2 aliphatic rings. The number of carbonyl (C=O) groups is 1. The summed E-state index contributed by atoms with van der Waals surface area (Å²) in [6, 6.07) is 9.81. The highest BCUT2D eigenvalue weighted by atomic mass is 35.5. The zero-order valence-electron chi connectivity index (χ0n) is 18.9. The number of amides is 1. The van der Waals surface area contributed by atoms with Gasteiger partial charge >= 0.3 is 0 Å². The number of aryl methyl sites for hydroxylation is 2. The van der Waals surface area contributed by atoms with Crippen LogP contribution >= 0.6 is 11.6 Å². The number of benzene rings is 1. The molecule has 0 N–H and O–H groups in total. The topological polar surface area (TPSA) is 59.6 Å². The average molecular weight is 462 g/mol. The monoisotopic (exact) mass is 461 g/mol. The number of hydrogen-bond donors (Lipinski definition) is 0. The van der Waals surface area contributed by atoms with Gasteiger partial charge in [0.25, 0.3) is 0 Å². The van der Waals surface area contributed by atoms with Gasteiger partial charge in [0.15, 0.2) is 6.20 Å². The number of carbonyl (C=O) groups excluding carboxylic acids is 1. The number of hydrogen-bond acceptors (Lipinski definition) is 3. The number of aliphatic imine (C=N–C) groups is 1.